The lowest BCUT2D eigenvalue weighted by Crippen LogP contribution is -2.36. The lowest BCUT2D eigenvalue weighted by atomic mass is 10.2. The first-order valence-electron chi connectivity index (χ1n) is 9.61. The van der Waals surface area contributed by atoms with Crippen LogP contribution < -0.4 is 14.8 Å². The molecule has 0 unspecified atom stereocenters. The van der Waals surface area contributed by atoms with E-state index in [0.717, 1.165) is 21.1 Å². The lowest BCUT2D eigenvalue weighted by Gasteiger charge is -2.13. The standard InChI is InChI=1S/C22H21BrN2O5S/c1-3-29-17-8-6-16(7-9-17)24-20(26)13-25-21(27)19(31-22(25)28)12-14-11-15(23)5-10-18(14)30-4-2/h5-12H,3-4,13H2,1-2H3,(H,24,26)/b19-12+. The zero-order chi connectivity index (χ0) is 22.4. The summed E-state index contributed by atoms with van der Waals surface area (Å²) in [5, 5.41) is 2.19. The van der Waals surface area contributed by atoms with E-state index in [2.05, 4.69) is 21.2 Å². The molecule has 9 heteroatoms. The molecule has 1 aliphatic rings. The van der Waals surface area contributed by atoms with Crippen LogP contribution in [0.1, 0.15) is 19.4 Å². The molecule has 31 heavy (non-hydrogen) atoms. The number of imide groups is 1. The molecular formula is C22H21BrN2O5S. The van der Waals surface area contributed by atoms with E-state index in [1.54, 1.807) is 42.5 Å². The fraction of sp³-hybridized carbons (Fsp3) is 0.227. The van der Waals surface area contributed by atoms with E-state index in [9.17, 15) is 14.4 Å². The number of ether oxygens (including phenoxy) is 2. The van der Waals surface area contributed by atoms with Gasteiger partial charge in [-0.15, -0.1) is 0 Å². The molecule has 2 aromatic rings. The maximum absolute atomic E-state index is 12.7. The van der Waals surface area contributed by atoms with Gasteiger partial charge in [-0.05, 0) is 74.1 Å². The van der Waals surface area contributed by atoms with Gasteiger partial charge in [0.25, 0.3) is 11.1 Å². The molecule has 2 aromatic carbocycles. The summed E-state index contributed by atoms with van der Waals surface area (Å²) in [6, 6.07) is 12.3. The van der Waals surface area contributed by atoms with Crippen LogP contribution in [0.2, 0.25) is 0 Å². The molecule has 0 atom stereocenters. The fourth-order valence-electron chi connectivity index (χ4n) is 2.84. The summed E-state index contributed by atoms with van der Waals surface area (Å²) in [5.41, 5.74) is 1.21. The van der Waals surface area contributed by atoms with Crippen LogP contribution in [-0.2, 0) is 9.59 Å². The normalized spacial score (nSPS) is 14.8. The van der Waals surface area contributed by atoms with E-state index in [4.69, 9.17) is 9.47 Å². The third kappa shape index (κ3) is 5.89. The average Bonchev–Trinajstić information content (AvgIpc) is 2.99. The Morgan fingerprint density at radius 2 is 1.81 bits per heavy atom. The smallest absolute Gasteiger partial charge is 0.294 e. The molecular weight excluding hydrogens is 484 g/mol. The van der Waals surface area contributed by atoms with Crippen molar-refractivity contribution in [2.75, 3.05) is 25.1 Å². The number of hydrogen-bond acceptors (Lipinski definition) is 6. The molecule has 0 aliphatic carbocycles. The monoisotopic (exact) mass is 504 g/mol. The first-order chi connectivity index (χ1) is 14.9. The molecule has 0 aromatic heterocycles. The number of benzene rings is 2. The topological polar surface area (TPSA) is 84.9 Å². The third-order valence-electron chi connectivity index (χ3n) is 4.18. The first-order valence-corrected chi connectivity index (χ1v) is 11.2. The highest BCUT2D eigenvalue weighted by atomic mass is 79.9. The van der Waals surface area contributed by atoms with Crippen molar-refractivity contribution in [1.82, 2.24) is 4.90 Å². The van der Waals surface area contributed by atoms with Crippen molar-refractivity contribution in [3.05, 3.63) is 57.4 Å². The van der Waals surface area contributed by atoms with Crippen LogP contribution in [0.25, 0.3) is 6.08 Å². The Labute approximate surface area is 192 Å². The molecule has 3 amide bonds. The molecule has 1 saturated heterocycles. The molecule has 1 heterocycles. The second-order valence-electron chi connectivity index (χ2n) is 6.39. The quantitative estimate of drug-likeness (QED) is 0.513. The predicted molar refractivity (Wildman–Crippen MR) is 124 cm³/mol. The van der Waals surface area contributed by atoms with Crippen molar-refractivity contribution in [3.8, 4) is 11.5 Å². The van der Waals surface area contributed by atoms with Crippen LogP contribution in [-0.4, -0.2) is 41.7 Å². The van der Waals surface area contributed by atoms with Crippen molar-refractivity contribution in [2.45, 2.75) is 13.8 Å². The molecule has 1 N–H and O–H groups in total. The summed E-state index contributed by atoms with van der Waals surface area (Å²) in [6.07, 6.45) is 1.60. The zero-order valence-corrected chi connectivity index (χ0v) is 19.4. The van der Waals surface area contributed by atoms with Crippen molar-refractivity contribution in [3.63, 3.8) is 0 Å². The van der Waals surface area contributed by atoms with Gasteiger partial charge in [0, 0.05) is 15.7 Å². The van der Waals surface area contributed by atoms with Crippen molar-refractivity contribution >= 4 is 56.5 Å². The summed E-state index contributed by atoms with van der Waals surface area (Å²) >= 11 is 4.19. The second-order valence-corrected chi connectivity index (χ2v) is 8.30. The minimum atomic E-state index is -0.515. The number of thioether (sulfide) groups is 1. The first kappa shape index (κ1) is 22.9. The number of halogens is 1. The van der Waals surface area contributed by atoms with E-state index in [1.165, 1.54) is 0 Å². The molecule has 1 aliphatic heterocycles. The van der Waals surface area contributed by atoms with Crippen LogP contribution >= 0.6 is 27.7 Å². The SMILES string of the molecule is CCOc1ccc(NC(=O)CN2C(=O)S/C(=C/c3cc(Br)ccc3OCC)C2=O)cc1. The highest BCUT2D eigenvalue weighted by Crippen LogP contribution is 2.34. The number of nitrogens with one attached hydrogen (secondary N) is 1. The predicted octanol–water partition coefficient (Wildman–Crippen LogP) is 4.92. The van der Waals surface area contributed by atoms with Gasteiger partial charge in [0.2, 0.25) is 5.91 Å². The number of carbonyl (C=O) groups excluding carboxylic acids is 3. The van der Waals surface area contributed by atoms with Gasteiger partial charge >= 0.3 is 0 Å². The van der Waals surface area contributed by atoms with E-state index >= 15 is 0 Å². The Morgan fingerprint density at radius 3 is 2.48 bits per heavy atom. The maximum Gasteiger partial charge on any atom is 0.294 e. The van der Waals surface area contributed by atoms with E-state index < -0.39 is 17.1 Å². The third-order valence-corrected chi connectivity index (χ3v) is 5.58. The Hall–Kier alpha value is -2.78. The number of nitrogens with zero attached hydrogens (tertiary/aromatic N) is 1. The van der Waals surface area contributed by atoms with Gasteiger partial charge in [-0.2, -0.15) is 0 Å². The molecule has 162 valence electrons. The van der Waals surface area contributed by atoms with Gasteiger partial charge in [0.15, 0.2) is 0 Å². The van der Waals surface area contributed by atoms with Crippen LogP contribution in [0.15, 0.2) is 51.8 Å². The van der Waals surface area contributed by atoms with Gasteiger partial charge in [-0.3, -0.25) is 19.3 Å². The van der Waals surface area contributed by atoms with Crippen LogP contribution in [0, 0.1) is 0 Å². The Kier molecular flexibility index (Phi) is 7.75. The minimum Gasteiger partial charge on any atom is -0.494 e. The molecule has 1 fully saturated rings. The Morgan fingerprint density at radius 1 is 1.10 bits per heavy atom. The summed E-state index contributed by atoms with van der Waals surface area (Å²) in [6.45, 7) is 4.39. The number of rotatable bonds is 8. The van der Waals surface area contributed by atoms with E-state index in [0.29, 0.717) is 36.0 Å². The highest BCUT2D eigenvalue weighted by molar-refractivity contribution is 9.10. The van der Waals surface area contributed by atoms with Crippen molar-refractivity contribution in [2.24, 2.45) is 0 Å². The van der Waals surface area contributed by atoms with Crippen molar-refractivity contribution < 1.29 is 23.9 Å². The molecule has 7 nitrogen and oxygen atoms in total. The van der Waals surface area contributed by atoms with Crippen LogP contribution in [0.4, 0.5) is 10.5 Å². The zero-order valence-electron chi connectivity index (χ0n) is 17.0. The summed E-state index contributed by atoms with van der Waals surface area (Å²) in [4.78, 5) is 38.6. The highest BCUT2D eigenvalue weighted by Gasteiger charge is 2.36. The summed E-state index contributed by atoms with van der Waals surface area (Å²) in [7, 11) is 0. The fourth-order valence-corrected chi connectivity index (χ4v) is 4.05. The minimum absolute atomic E-state index is 0.234. The van der Waals surface area contributed by atoms with Crippen molar-refractivity contribution in [1.29, 1.82) is 0 Å². The van der Waals surface area contributed by atoms with Gasteiger partial charge < -0.3 is 14.8 Å². The molecule has 0 spiro atoms. The molecule has 0 radical (unpaired) electrons. The van der Waals surface area contributed by atoms with Gasteiger partial charge in [-0.25, -0.2) is 0 Å². The number of anilines is 1. The molecule has 3 rings (SSSR count). The second kappa shape index (κ2) is 10.5. The van der Waals surface area contributed by atoms with Crippen LogP contribution in [0.5, 0.6) is 11.5 Å². The largest absolute Gasteiger partial charge is 0.494 e. The maximum atomic E-state index is 12.7. The lowest BCUT2D eigenvalue weighted by molar-refractivity contribution is -0.127. The Balaban J connectivity index is 1.69. The molecule has 0 saturated carbocycles. The number of carbonyl (C=O) groups is 3. The number of hydrogen-bond donors (Lipinski definition) is 1. The summed E-state index contributed by atoms with van der Waals surface area (Å²) in [5.74, 6) is 0.311. The van der Waals surface area contributed by atoms with Gasteiger partial charge in [-0.1, -0.05) is 15.9 Å². The van der Waals surface area contributed by atoms with Gasteiger partial charge in [0.05, 0.1) is 18.1 Å². The van der Waals surface area contributed by atoms with E-state index in [-0.39, 0.29) is 11.4 Å². The number of amides is 3. The van der Waals surface area contributed by atoms with Gasteiger partial charge in [0.1, 0.15) is 18.0 Å². The molecule has 0 bridgehead atoms. The Bertz CT molecular complexity index is 1020. The average molecular weight is 505 g/mol. The summed E-state index contributed by atoms with van der Waals surface area (Å²) < 4.78 is 11.8. The van der Waals surface area contributed by atoms with E-state index in [1.807, 2.05) is 19.9 Å². The van der Waals surface area contributed by atoms with Crippen LogP contribution in [0.3, 0.4) is 0 Å².